The Morgan fingerprint density at radius 3 is 2.08 bits per heavy atom. The minimum absolute atomic E-state index is 0.259. The second kappa shape index (κ2) is 7.76. The van der Waals surface area contributed by atoms with E-state index in [0.717, 1.165) is 19.2 Å². The van der Waals surface area contributed by atoms with Crippen LogP contribution in [-0.4, -0.2) is 36.5 Å². The number of benzene rings is 2. The summed E-state index contributed by atoms with van der Waals surface area (Å²) in [6.45, 7) is -0.259. The van der Waals surface area contributed by atoms with E-state index in [2.05, 4.69) is 0 Å². The molecule has 0 heterocycles. The third-order valence-corrected chi connectivity index (χ3v) is 3.84. The van der Waals surface area contributed by atoms with E-state index < -0.39 is 23.2 Å². The van der Waals surface area contributed by atoms with Gasteiger partial charge in [0.25, 0.3) is 11.5 Å². The molecule has 1 unspecified atom stereocenters. The lowest BCUT2D eigenvalue weighted by atomic mass is 9.91. The molecule has 0 aliphatic heterocycles. The zero-order valence-corrected chi connectivity index (χ0v) is 14.2. The Morgan fingerprint density at radius 2 is 1.62 bits per heavy atom. The maximum absolute atomic E-state index is 13.7. The molecule has 0 aliphatic rings. The molecule has 0 radical (unpaired) electrons. The van der Waals surface area contributed by atoms with Gasteiger partial charge in [-0.3, -0.25) is 9.63 Å². The predicted octanol–water partition coefficient (Wildman–Crippen LogP) is 3.04. The first kappa shape index (κ1) is 19.7. The Labute approximate surface area is 148 Å². The second-order valence-corrected chi connectivity index (χ2v) is 5.45. The first-order valence-electron chi connectivity index (χ1n) is 7.57. The van der Waals surface area contributed by atoms with Gasteiger partial charge in [0.1, 0.15) is 5.75 Å². The number of rotatable bonds is 6. The highest BCUT2D eigenvalue weighted by atomic mass is 19.4. The Kier molecular flexibility index (Phi) is 5.89. The zero-order chi connectivity index (χ0) is 19.4. The van der Waals surface area contributed by atoms with E-state index >= 15 is 0 Å². The summed E-state index contributed by atoms with van der Waals surface area (Å²) in [6, 6.07) is 12.8. The van der Waals surface area contributed by atoms with Gasteiger partial charge in [0, 0.05) is 5.56 Å². The SMILES string of the molecule is COc1ccc(C(O)(C(=O)N(Cc2ccccc2)OC)C(F)(F)F)cc1. The van der Waals surface area contributed by atoms with Crippen molar-refractivity contribution in [2.24, 2.45) is 0 Å². The quantitative estimate of drug-likeness (QED) is 0.796. The van der Waals surface area contributed by atoms with Crippen molar-refractivity contribution in [3.05, 3.63) is 65.7 Å². The predicted molar refractivity (Wildman–Crippen MR) is 86.9 cm³/mol. The smallest absolute Gasteiger partial charge is 0.430 e. The molecule has 0 fully saturated rings. The molecular weight excluding hydrogens is 351 g/mol. The number of hydrogen-bond acceptors (Lipinski definition) is 4. The molecule has 0 aromatic heterocycles. The topological polar surface area (TPSA) is 59.0 Å². The van der Waals surface area contributed by atoms with Crippen LogP contribution in [0, 0.1) is 0 Å². The highest BCUT2D eigenvalue weighted by Gasteiger charge is 2.62. The van der Waals surface area contributed by atoms with Gasteiger partial charge in [0.15, 0.2) is 0 Å². The average Bonchev–Trinajstić information content (AvgIpc) is 2.65. The van der Waals surface area contributed by atoms with Crippen molar-refractivity contribution in [3.8, 4) is 5.75 Å². The Morgan fingerprint density at radius 1 is 1.04 bits per heavy atom. The number of halogens is 3. The number of amides is 1. The van der Waals surface area contributed by atoms with Gasteiger partial charge >= 0.3 is 6.18 Å². The molecule has 8 heteroatoms. The van der Waals surface area contributed by atoms with Crippen molar-refractivity contribution in [1.29, 1.82) is 0 Å². The molecule has 0 spiro atoms. The van der Waals surface area contributed by atoms with Crippen LogP contribution in [0.25, 0.3) is 0 Å². The van der Waals surface area contributed by atoms with Gasteiger partial charge in [-0.15, -0.1) is 0 Å². The summed E-state index contributed by atoms with van der Waals surface area (Å²) in [4.78, 5) is 17.4. The van der Waals surface area contributed by atoms with Gasteiger partial charge in [-0.1, -0.05) is 42.5 Å². The van der Waals surface area contributed by atoms with Gasteiger partial charge < -0.3 is 9.84 Å². The minimum atomic E-state index is -5.26. The molecule has 0 aliphatic carbocycles. The lowest BCUT2D eigenvalue weighted by molar-refractivity contribution is -0.276. The van der Waals surface area contributed by atoms with Crippen LogP contribution in [-0.2, 0) is 21.8 Å². The number of hydroxylamine groups is 2. The minimum Gasteiger partial charge on any atom is -0.497 e. The van der Waals surface area contributed by atoms with Crippen LogP contribution in [0.5, 0.6) is 5.75 Å². The molecule has 0 saturated carbocycles. The van der Waals surface area contributed by atoms with Crippen LogP contribution in [0.3, 0.4) is 0 Å². The molecule has 0 saturated heterocycles. The Balaban J connectivity index is 2.42. The van der Waals surface area contributed by atoms with E-state index in [1.165, 1.54) is 19.2 Å². The molecule has 0 bridgehead atoms. The molecule has 26 heavy (non-hydrogen) atoms. The molecule has 5 nitrogen and oxygen atoms in total. The second-order valence-electron chi connectivity index (χ2n) is 5.45. The normalized spacial score (nSPS) is 13.8. The number of aliphatic hydroxyl groups is 1. The molecule has 1 amide bonds. The number of methoxy groups -OCH3 is 1. The standard InChI is InChI=1S/C18H18F3NO4/c1-25-15-10-8-14(9-11-15)17(24,18(19,20)21)16(23)22(26-2)12-13-6-4-3-5-7-13/h3-11,24H,12H2,1-2H3. The van der Waals surface area contributed by atoms with Crippen molar-refractivity contribution in [3.63, 3.8) is 0 Å². The largest absolute Gasteiger partial charge is 0.497 e. The number of alkyl halides is 3. The van der Waals surface area contributed by atoms with E-state index in [0.29, 0.717) is 16.4 Å². The van der Waals surface area contributed by atoms with Crippen molar-refractivity contribution in [1.82, 2.24) is 5.06 Å². The number of ether oxygens (including phenoxy) is 1. The van der Waals surface area contributed by atoms with Crippen LogP contribution >= 0.6 is 0 Å². The highest BCUT2D eigenvalue weighted by Crippen LogP contribution is 2.41. The van der Waals surface area contributed by atoms with Crippen LogP contribution in [0.15, 0.2) is 54.6 Å². The first-order valence-corrected chi connectivity index (χ1v) is 7.57. The fourth-order valence-corrected chi connectivity index (χ4v) is 2.39. The number of carbonyl (C=O) groups excluding carboxylic acids is 1. The molecule has 2 rings (SSSR count). The summed E-state index contributed by atoms with van der Waals surface area (Å²) in [7, 11) is 2.41. The van der Waals surface area contributed by atoms with Crippen LogP contribution in [0.4, 0.5) is 13.2 Å². The van der Waals surface area contributed by atoms with Gasteiger partial charge in [0.05, 0.1) is 20.8 Å². The monoisotopic (exact) mass is 369 g/mol. The molecule has 1 atom stereocenters. The lowest BCUT2D eigenvalue weighted by Gasteiger charge is -2.33. The van der Waals surface area contributed by atoms with Crippen molar-refractivity contribution >= 4 is 5.91 Å². The van der Waals surface area contributed by atoms with Gasteiger partial charge in [-0.2, -0.15) is 13.2 Å². The first-order chi connectivity index (χ1) is 12.2. The zero-order valence-electron chi connectivity index (χ0n) is 14.2. The Bertz CT molecular complexity index is 734. The van der Waals surface area contributed by atoms with Crippen LogP contribution in [0.1, 0.15) is 11.1 Å². The molecule has 2 aromatic carbocycles. The third-order valence-electron chi connectivity index (χ3n) is 3.84. The summed E-state index contributed by atoms with van der Waals surface area (Å²) in [5.41, 5.74) is -3.85. The van der Waals surface area contributed by atoms with Gasteiger partial charge in [-0.25, -0.2) is 5.06 Å². The fraction of sp³-hybridized carbons (Fsp3) is 0.278. The van der Waals surface area contributed by atoms with Crippen molar-refractivity contribution in [2.75, 3.05) is 14.2 Å². The van der Waals surface area contributed by atoms with Crippen LogP contribution < -0.4 is 4.74 Å². The summed E-state index contributed by atoms with van der Waals surface area (Å²) in [6.07, 6.45) is -5.26. The maximum Gasteiger partial charge on any atom is 0.430 e. The van der Waals surface area contributed by atoms with E-state index in [9.17, 15) is 23.1 Å². The summed E-state index contributed by atoms with van der Waals surface area (Å²) < 4.78 is 45.9. The number of carbonyl (C=O) groups is 1. The number of nitrogens with zero attached hydrogens (tertiary/aromatic N) is 1. The fourth-order valence-electron chi connectivity index (χ4n) is 2.39. The van der Waals surface area contributed by atoms with E-state index in [4.69, 9.17) is 9.57 Å². The summed E-state index contributed by atoms with van der Waals surface area (Å²) in [5, 5.41) is 10.9. The maximum atomic E-state index is 13.7. The molecular formula is C18H18F3NO4. The summed E-state index contributed by atoms with van der Waals surface area (Å²) >= 11 is 0. The van der Waals surface area contributed by atoms with E-state index in [1.54, 1.807) is 30.3 Å². The molecule has 1 N–H and O–H groups in total. The highest BCUT2D eigenvalue weighted by molar-refractivity contribution is 5.86. The third kappa shape index (κ3) is 3.81. The molecule has 140 valence electrons. The Hall–Kier alpha value is -2.58. The lowest BCUT2D eigenvalue weighted by Crippen LogP contribution is -2.55. The summed E-state index contributed by atoms with van der Waals surface area (Å²) in [5.74, 6) is -1.35. The van der Waals surface area contributed by atoms with Gasteiger partial charge in [-0.05, 0) is 17.7 Å². The van der Waals surface area contributed by atoms with Crippen LogP contribution in [0.2, 0.25) is 0 Å². The van der Waals surface area contributed by atoms with E-state index in [-0.39, 0.29) is 6.54 Å². The average molecular weight is 369 g/mol. The van der Waals surface area contributed by atoms with E-state index in [1.807, 2.05) is 0 Å². The van der Waals surface area contributed by atoms with Crippen molar-refractivity contribution < 1.29 is 32.6 Å². The van der Waals surface area contributed by atoms with Crippen molar-refractivity contribution in [2.45, 2.75) is 18.3 Å². The number of hydrogen-bond donors (Lipinski definition) is 1. The van der Waals surface area contributed by atoms with Gasteiger partial charge in [0.2, 0.25) is 0 Å². The molecule has 2 aromatic rings.